The van der Waals surface area contributed by atoms with Crippen LogP contribution in [0, 0.1) is 0 Å². The van der Waals surface area contributed by atoms with E-state index in [0.717, 1.165) is 51.3 Å². The number of sulfone groups is 1. The molecule has 188 valence electrons. The Morgan fingerprint density at radius 1 is 1.03 bits per heavy atom. The summed E-state index contributed by atoms with van der Waals surface area (Å²) >= 11 is 0. The lowest BCUT2D eigenvalue weighted by atomic mass is 10.1. The van der Waals surface area contributed by atoms with Gasteiger partial charge in [0.05, 0.1) is 16.1 Å². The molecule has 12 heteroatoms. The summed E-state index contributed by atoms with van der Waals surface area (Å²) in [7, 11) is -1.73. The Morgan fingerprint density at radius 3 is 2.28 bits per heavy atom. The summed E-state index contributed by atoms with van der Waals surface area (Å²) in [4.78, 5) is 34.5. The van der Waals surface area contributed by atoms with E-state index in [1.807, 2.05) is 37.2 Å². The molecule has 3 amide bonds. The minimum atomic E-state index is -5.54. The van der Waals surface area contributed by atoms with Crippen molar-refractivity contribution < 1.29 is 31.2 Å². The molecular weight excluding hydrogens is 497 g/mol. The van der Waals surface area contributed by atoms with Gasteiger partial charge in [0.25, 0.3) is 15.7 Å². The standard InChI is InChI=1S/C24H21F3N4O4S/c1-29(2)17-5-8-20-19(13-17)15(9-12-28-20)14-30-22(33)31(21(32)23(30)10-11-23)16-3-6-18(7-4-16)36(34,35)24(25,26)27/h3-9,12-13H,10-11,14H2,1-2H3. The predicted molar refractivity (Wildman–Crippen MR) is 126 cm³/mol. The van der Waals surface area contributed by atoms with Gasteiger partial charge in [-0.2, -0.15) is 13.2 Å². The number of carbonyl (C=O) groups is 2. The number of halogens is 3. The fourth-order valence-electron chi connectivity index (χ4n) is 4.45. The van der Waals surface area contributed by atoms with Crippen molar-refractivity contribution in [1.82, 2.24) is 9.88 Å². The molecular formula is C24H21F3N4O4S. The van der Waals surface area contributed by atoms with Gasteiger partial charge in [-0.1, -0.05) is 0 Å². The molecule has 0 radical (unpaired) electrons. The number of rotatable bonds is 5. The van der Waals surface area contributed by atoms with Gasteiger partial charge in [0, 0.05) is 37.9 Å². The van der Waals surface area contributed by atoms with Crippen molar-refractivity contribution in [2.24, 2.45) is 0 Å². The Kier molecular flexibility index (Phi) is 5.29. The number of urea groups is 1. The van der Waals surface area contributed by atoms with Crippen LogP contribution in [0.15, 0.2) is 59.6 Å². The first kappa shape index (κ1) is 24.0. The molecule has 2 heterocycles. The van der Waals surface area contributed by atoms with Gasteiger partial charge >= 0.3 is 11.5 Å². The van der Waals surface area contributed by atoms with Crippen molar-refractivity contribution in [2.45, 2.75) is 35.3 Å². The van der Waals surface area contributed by atoms with E-state index in [4.69, 9.17) is 0 Å². The fraction of sp³-hybridized carbons (Fsp3) is 0.292. The molecule has 36 heavy (non-hydrogen) atoms. The molecule has 1 spiro atoms. The summed E-state index contributed by atoms with van der Waals surface area (Å²) in [5.74, 6) is -0.480. The smallest absolute Gasteiger partial charge is 0.378 e. The number of amides is 3. The normalized spacial score (nSPS) is 17.4. The molecule has 1 aromatic heterocycles. The number of fused-ring (bicyclic) bond motifs is 1. The molecule has 2 fully saturated rings. The number of benzene rings is 2. The highest BCUT2D eigenvalue weighted by Crippen LogP contribution is 2.50. The van der Waals surface area contributed by atoms with Gasteiger partial charge in [-0.15, -0.1) is 0 Å². The summed E-state index contributed by atoms with van der Waals surface area (Å²) in [5, 5.41) is 0.833. The van der Waals surface area contributed by atoms with Crippen LogP contribution in [-0.4, -0.2) is 55.4 Å². The van der Waals surface area contributed by atoms with E-state index in [0.29, 0.717) is 12.8 Å². The highest BCUT2D eigenvalue weighted by Gasteiger charge is 2.65. The Hall–Kier alpha value is -3.67. The fourth-order valence-corrected chi connectivity index (χ4v) is 5.21. The third-order valence-electron chi connectivity index (χ3n) is 6.63. The quantitative estimate of drug-likeness (QED) is 0.473. The summed E-state index contributed by atoms with van der Waals surface area (Å²) in [5.41, 5.74) is -4.00. The van der Waals surface area contributed by atoms with E-state index in [1.165, 1.54) is 4.90 Å². The van der Waals surface area contributed by atoms with Crippen LogP contribution in [0.2, 0.25) is 0 Å². The van der Waals surface area contributed by atoms with Gasteiger partial charge in [-0.05, 0) is 66.9 Å². The highest BCUT2D eigenvalue weighted by atomic mass is 32.2. The van der Waals surface area contributed by atoms with Crippen molar-refractivity contribution in [1.29, 1.82) is 0 Å². The number of imide groups is 1. The zero-order chi connectivity index (χ0) is 26.0. The molecule has 3 aromatic rings. The predicted octanol–water partition coefficient (Wildman–Crippen LogP) is 4.10. The molecule has 1 aliphatic carbocycles. The number of hydrogen-bond acceptors (Lipinski definition) is 6. The van der Waals surface area contributed by atoms with Crippen LogP contribution < -0.4 is 9.80 Å². The van der Waals surface area contributed by atoms with Crippen molar-refractivity contribution in [3.05, 3.63) is 60.3 Å². The molecule has 0 atom stereocenters. The molecule has 0 bridgehead atoms. The lowest BCUT2D eigenvalue weighted by Crippen LogP contribution is -2.36. The molecule has 1 saturated carbocycles. The Bertz CT molecular complexity index is 1500. The second kappa shape index (κ2) is 7.92. The van der Waals surface area contributed by atoms with E-state index >= 15 is 0 Å². The largest absolute Gasteiger partial charge is 0.501 e. The number of aromatic nitrogens is 1. The van der Waals surface area contributed by atoms with E-state index in [1.54, 1.807) is 12.3 Å². The average Bonchev–Trinajstić information content (AvgIpc) is 3.60. The van der Waals surface area contributed by atoms with Crippen LogP contribution in [0.1, 0.15) is 18.4 Å². The average molecular weight is 519 g/mol. The van der Waals surface area contributed by atoms with Gasteiger partial charge in [0.1, 0.15) is 5.54 Å². The minimum Gasteiger partial charge on any atom is -0.378 e. The third-order valence-corrected chi connectivity index (χ3v) is 8.14. The number of hydrogen-bond donors (Lipinski definition) is 0. The first-order valence-electron chi connectivity index (χ1n) is 11.0. The first-order valence-corrected chi connectivity index (χ1v) is 12.5. The molecule has 8 nitrogen and oxygen atoms in total. The third kappa shape index (κ3) is 3.58. The monoisotopic (exact) mass is 518 g/mol. The SMILES string of the molecule is CN(C)c1ccc2nccc(CN3C(=O)N(c4ccc(S(=O)(=O)C(F)(F)F)cc4)C(=O)C34CC4)c2c1. The van der Waals surface area contributed by atoms with Crippen LogP contribution in [0.25, 0.3) is 10.9 Å². The van der Waals surface area contributed by atoms with Crippen LogP contribution in [0.5, 0.6) is 0 Å². The van der Waals surface area contributed by atoms with Crippen LogP contribution >= 0.6 is 0 Å². The molecule has 1 aliphatic heterocycles. The van der Waals surface area contributed by atoms with Crippen LogP contribution in [0.3, 0.4) is 0 Å². The maximum atomic E-state index is 13.4. The van der Waals surface area contributed by atoms with E-state index in [-0.39, 0.29) is 12.2 Å². The Labute approximate surface area is 204 Å². The number of carbonyl (C=O) groups excluding carboxylic acids is 2. The summed E-state index contributed by atoms with van der Waals surface area (Å²) in [6.07, 6.45) is 2.55. The Morgan fingerprint density at radius 2 is 1.69 bits per heavy atom. The number of alkyl halides is 3. The molecule has 2 aliphatic rings. The number of nitrogens with zero attached hydrogens (tertiary/aromatic N) is 4. The van der Waals surface area contributed by atoms with Gasteiger partial charge < -0.3 is 9.80 Å². The highest BCUT2D eigenvalue weighted by molar-refractivity contribution is 7.92. The van der Waals surface area contributed by atoms with Gasteiger partial charge in [-0.25, -0.2) is 18.1 Å². The zero-order valence-corrected chi connectivity index (χ0v) is 20.1. The number of anilines is 2. The topological polar surface area (TPSA) is 90.9 Å². The molecule has 1 saturated heterocycles. The summed E-state index contributed by atoms with van der Waals surface area (Å²) in [6, 6.07) is 10.5. The maximum Gasteiger partial charge on any atom is 0.501 e. The van der Waals surface area contributed by atoms with Crippen molar-refractivity contribution >= 4 is 44.1 Å². The molecule has 0 unspecified atom stereocenters. The van der Waals surface area contributed by atoms with Crippen LogP contribution in [-0.2, 0) is 21.2 Å². The van der Waals surface area contributed by atoms with Gasteiger partial charge in [-0.3, -0.25) is 9.78 Å². The van der Waals surface area contributed by atoms with E-state index < -0.39 is 37.7 Å². The van der Waals surface area contributed by atoms with Gasteiger partial charge in [0.2, 0.25) is 0 Å². The lowest BCUT2D eigenvalue weighted by Gasteiger charge is -2.22. The second-order valence-electron chi connectivity index (χ2n) is 9.05. The van der Waals surface area contributed by atoms with Crippen molar-refractivity contribution in [3.63, 3.8) is 0 Å². The number of pyridine rings is 1. The van der Waals surface area contributed by atoms with Crippen LogP contribution in [0.4, 0.5) is 29.3 Å². The second-order valence-corrected chi connectivity index (χ2v) is 11.0. The Balaban J connectivity index is 1.48. The summed E-state index contributed by atoms with van der Waals surface area (Å²) < 4.78 is 62.0. The van der Waals surface area contributed by atoms with E-state index in [2.05, 4.69) is 4.98 Å². The maximum absolute atomic E-state index is 13.4. The minimum absolute atomic E-state index is 0.00869. The van der Waals surface area contributed by atoms with Crippen molar-refractivity contribution in [2.75, 3.05) is 23.9 Å². The first-order chi connectivity index (χ1) is 16.9. The molecule has 0 N–H and O–H groups in total. The zero-order valence-electron chi connectivity index (χ0n) is 19.3. The van der Waals surface area contributed by atoms with Crippen molar-refractivity contribution in [3.8, 4) is 0 Å². The lowest BCUT2D eigenvalue weighted by molar-refractivity contribution is -0.120. The molecule has 2 aromatic carbocycles. The van der Waals surface area contributed by atoms with Gasteiger partial charge in [0.15, 0.2) is 0 Å². The summed E-state index contributed by atoms with van der Waals surface area (Å²) in [6.45, 7) is 0.136. The van der Waals surface area contributed by atoms with E-state index in [9.17, 15) is 31.2 Å². The molecule has 5 rings (SSSR count).